The summed E-state index contributed by atoms with van der Waals surface area (Å²) < 4.78 is 5.93. The molecule has 1 heterocycles. The summed E-state index contributed by atoms with van der Waals surface area (Å²) in [6.45, 7) is 4.02. The third kappa shape index (κ3) is 5.61. The zero-order valence-electron chi connectivity index (χ0n) is 19.4. The van der Waals surface area contributed by atoms with Crippen molar-refractivity contribution >= 4 is 17.5 Å². The highest BCUT2D eigenvalue weighted by Crippen LogP contribution is 2.35. The summed E-state index contributed by atoms with van der Waals surface area (Å²) in [4.78, 5) is 13.7. The maximum Gasteiger partial charge on any atom is 0.234 e. The number of ether oxygens (including phenoxy) is 1. The lowest BCUT2D eigenvalue weighted by Gasteiger charge is -2.30. The lowest BCUT2D eigenvalue weighted by Crippen LogP contribution is -2.42. The van der Waals surface area contributed by atoms with Crippen LogP contribution in [-0.2, 0) is 16.8 Å². The van der Waals surface area contributed by atoms with E-state index in [1.54, 1.807) is 0 Å². The van der Waals surface area contributed by atoms with Crippen LogP contribution in [0.3, 0.4) is 0 Å². The number of benzene rings is 3. The van der Waals surface area contributed by atoms with Gasteiger partial charge in [0, 0.05) is 18.0 Å². The number of nitrogens with two attached hydrogens (primary N) is 1. The molecule has 6 heteroatoms. The van der Waals surface area contributed by atoms with Crippen molar-refractivity contribution in [2.24, 2.45) is 5.73 Å². The van der Waals surface area contributed by atoms with Crippen LogP contribution in [0.25, 0.3) is 0 Å². The first-order valence-corrected chi connectivity index (χ1v) is 12.0. The van der Waals surface area contributed by atoms with Crippen LogP contribution in [0, 0.1) is 6.92 Å². The molecule has 5 nitrogen and oxygen atoms in total. The van der Waals surface area contributed by atoms with Gasteiger partial charge >= 0.3 is 0 Å². The number of aryl methyl sites for hydroxylation is 1. The standard InChI is InChI=1S/C28H31ClN2O3/c1-20-4-8-22(9-5-20)28(33,19-21-6-12-24(29)13-7-21)23-10-14-25(15-11-23)34-18-17-31-16-2-3-26(31)27(30)32/h4-15,26,33H,2-3,16-19H2,1H3,(H2,30,32)/t26-,28?/m1/s1. The quantitative estimate of drug-likeness (QED) is 0.476. The van der Waals surface area contributed by atoms with Gasteiger partial charge in [0.2, 0.25) is 5.91 Å². The van der Waals surface area contributed by atoms with Crippen molar-refractivity contribution in [2.45, 2.75) is 37.8 Å². The van der Waals surface area contributed by atoms with E-state index in [1.165, 1.54) is 0 Å². The average molecular weight is 479 g/mol. The average Bonchev–Trinajstić information content (AvgIpc) is 3.30. The molecule has 3 N–H and O–H groups in total. The number of primary amides is 1. The highest BCUT2D eigenvalue weighted by atomic mass is 35.5. The summed E-state index contributed by atoms with van der Waals surface area (Å²) in [5.74, 6) is 0.453. The van der Waals surface area contributed by atoms with Crippen LogP contribution in [0.2, 0.25) is 5.02 Å². The van der Waals surface area contributed by atoms with E-state index in [4.69, 9.17) is 22.1 Å². The van der Waals surface area contributed by atoms with Crippen molar-refractivity contribution in [3.63, 3.8) is 0 Å². The highest BCUT2D eigenvalue weighted by molar-refractivity contribution is 6.30. The lowest BCUT2D eigenvalue weighted by molar-refractivity contribution is -0.122. The van der Waals surface area contributed by atoms with E-state index in [1.807, 2.05) is 79.7 Å². The van der Waals surface area contributed by atoms with Crippen molar-refractivity contribution in [1.29, 1.82) is 0 Å². The van der Waals surface area contributed by atoms with Crippen LogP contribution < -0.4 is 10.5 Å². The molecule has 0 spiro atoms. The van der Waals surface area contributed by atoms with Gasteiger partial charge in [0.15, 0.2) is 0 Å². The summed E-state index contributed by atoms with van der Waals surface area (Å²) in [6.07, 6.45) is 2.21. The molecule has 1 fully saturated rings. The van der Waals surface area contributed by atoms with Crippen LogP contribution in [0.1, 0.15) is 35.1 Å². The number of nitrogens with zero attached hydrogens (tertiary/aromatic N) is 1. The lowest BCUT2D eigenvalue weighted by atomic mass is 9.81. The number of hydrogen-bond donors (Lipinski definition) is 2. The van der Waals surface area contributed by atoms with Gasteiger partial charge in [0.25, 0.3) is 0 Å². The number of likely N-dealkylation sites (tertiary alicyclic amines) is 1. The zero-order chi connectivity index (χ0) is 24.1. The molecule has 1 unspecified atom stereocenters. The zero-order valence-corrected chi connectivity index (χ0v) is 20.2. The SMILES string of the molecule is Cc1ccc(C(O)(Cc2ccc(Cl)cc2)c2ccc(OCCN3CCC[C@@H]3C(N)=O)cc2)cc1. The molecule has 4 rings (SSSR count). The number of amides is 1. The largest absolute Gasteiger partial charge is 0.492 e. The van der Waals surface area contributed by atoms with E-state index in [0.717, 1.165) is 47.4 Å². The number of halogens is 1. The van der Waals surface area contributed by atoms with E-state index in [2.05, 4.69) is 4.90 Å². The number of carbonyl (C=O) groups is 1. The van der Waals surface area contributed by atoms with Gasteiger partial charge in [-0.05, 0) is 67.3 Å². The fourth-order valence-electron chi connectivity index (χ4n) is 4.62. The Labute approximate surface area is 206 Å². The number of rotatable bonds is 9. The van der Waals surface area contributed by atoms with E-state index < -0.39 is 5.60 Å². The van der Waals surface area contributed by atoms with Crippen LogP contribution in [0.15, 0.2) is 72.8 Å². The van der Waals surface area contributed by atoms with Crippen molar-refractivity contribution in [3.8, 4) is 5.75 Å². The number of aliphatic hydroxyl groups is 1. The first-order valence-electron chi connectivity index (χ1n) is 11.7. The van der Waals surface area contributed by atoms with Crippen LogP contribution in [-0.4, -0.2) is 41.7 Å². The third-order valence-corrected chi connectivity index (χ3v) is 6.83. The molecule has 34 heavy (non-hydrogen) atoms. The van der Waals surface area contributed by atoms with E-state index >= 15 is 0 Å². The molecule has 0 radical (unpaired) electrons. The Bertz CT molecular complexity index is 1100. The summed E-state index contributed by atoms with van der Waals surface area (Å²) in [6, 6.07) is 22.9. The molecule has 1 amide bonds. The maximum atomic E-state index is 11.9. The molecule has 0 bridgehead atoms. The predicted octanol–water partition coefficient (Wildman–Crippen LogP) is 4.46. The Hall–Kier alpha value is -2.86. The molecule has 1 aliphatic heterocycles. The summed E-state index contributed by atoms with van der Waals surface area (Å²) >= 11 is 6.06. The van der Waals surface area contributed by atoms with Gasteiger partial charge in [-0.15, -0.1) is 0 Å². The Kier molecular flexibility index (Phi) is 7.57. The molecule has 178 valence electrons. The first-order chi connectivity index (χ1) is 16.3. The third-order valence-electron chi connectivity index (χ3n) is 6.57. The minimum Gasteiger partial charge on any atom is -0.492 e. The second-order valence-electron chi connectivity index (χ2n) is 9.00. The van der Waals surface area contributed by atoms with Gasteiger partial charge in [-0.2, -0.15) is 0 Å². The number of hydrogen-bond acceptors (Lipinski definition) is 4. The van der Waals surface area contributed by atoms with Gasteiger partial charge < -0.3 is 15.6 Å². The van der Waals surface area contributed by atoms with Crippen molar-refractivity contribution in [2.75, 3.05) is 19.7 Å². The molecule has 1 saturated heterocycles. The monoisotopic (exact) mass is 478 g/mol. The van der Waals surface area contributed by atoms with Crippen molar-refractivity contribution in [1.82, 2.24) is 4.90 Å². The molecule has 0 saturated carbocycles. The normalized spacial score (nSPS) is 17.9. The van der Waals surface area contributed by atoms with Gasteiger partial charge in [0.05, 0.1) is 6.04 Å². The van der Waals surface area contributed by atoms with Gasteiger partial charge in [0.1, 0.15) is 18.0 Å². The Morgan fingerprint density at radius 1 is 1.06 bits per heavy atom. The first kappa shape index (κ1) is 24.3. The summed E-state index contributed by atoms with van der Waals surface area (Å²) in [7, 11) is 0. The van der Waals surface area contributed by atoms with E-state index in [0.29, 0.717) is 24.6 Å². The second-order valence-corrected chi connectivity index (χ2v) is 9.44. The molecular weight excluding hydrogens is 448 g/mol. The minimum atomic E-state index is -1.20. The Morgan fingerprint density at radius 2 is 1.68 bits per heavy atom. The smallest absolute Gasteiger partial charge is 0.234 e. The van der Waals surface area contributed by atoms with Crippen molar-refractivity contribution < 1.29 is 14.6 Å². The van der Waals surface area contributed by atoms with E-state index in [-0.39, 0.29) is 11.9 Å². The summed E-state index contributed by atoms with van der Waals surface area (Å²) in [5, 5.41) is 12.6. The van der Waals surface area contributed by atoms with Gasteiger partial charge in [-0.25, -0.2) is 0 Å². The minimum absolute atomic E-state index is 0.191. The molecular formula is C28H31ClN2O3. The highest BCUT2D eigenvalue weighted by Gasteiger charge is 2.32. The molecule has 2 atom stereocenters. The van der Waals surface area contributed by atoms with Crippen LogP contribution in [0.4, 0.5) is 0 Å². The van der Waals surface area contributed by atoms with Gasteiger partial charge in [-0.3, -0.25) is 9.69 Å². The van der Waals surface area contributed by atoms with Crippen LogP contribution >= 0.6 is 11.6 Å². The maximum absolute atomic E-state index is 11.9. The molecule has 1 aliphatic rings. The fourth-order valence-corrected chi connectivity index (χ4v) is 4.75. The van der Waals surface area contributed by atoms with Crippen molar-refractivity contribution in [3.05, 3.63) is 100 Å². The number of carbonyl (C=O) groups excluding carboxylic acids is 1. The Balaban J connectivity index is 1.49. The van der Waals surface area contributed by atoms with E-state index in [9.17, 15) is 9.90 Å². The summed E-state index contributed by atoms with van der Waals surface area (Å²) in [5.41, 5.74) is 8.03. The molecule has 3 aromatic carbocycles. The predicted molar refractivity (Wildman–Crippen MR) is 135 cm³/mol. The van der Waals surface area contributed by atoms with Crippen LogP contribution in [0.5, 0.6) is 5.75 Å². The Morgan fingerprint density at radius 3 is 2.29 bits per heavy atom. The van der Waals surface area contributed by atoms with Gasteiger partial charge in [-0.1, -0.05) is 65.7 Å². The topological polar surface area (TPSA) is 75.8 Å². The fraction of sp³-hybridized carbons (Fsp3) is 0.321. The second kappa shape index (κ2) is 10.6. The molecule has 0 aromatic heterocycles. The molecule has 0 aliphatic carbocycles. The molecule has 3 aromatic rings.